The third-order valence-electron chi connectivity index (χ3n) is 1.17. The Bertz CT molecular complexity index is 213. The normalized spacial score (nSPS) is 8.90. The Kier molecular flexibility index (Phi) is 2.21. The smallest absolute Gasteiger partial charge is 0.337 e. The second kappa shape index (κ2) is 3.15. The van der Waals surface area contributed by atoms with E-state index in [1.807, 2.05) is 12.9 Å². The van der Waals surface area contributed by atoms with E-state index in [1.165, 1.54) is 0 Å². The molecule has 0 aromatic heterocycles. The number of phenolic OH excluding ortho intramolecular Hbond substituents is 1. The van der Waals surface area contributed by atoms with Gasteiger partial charge in [0.05, 0.1) is 0 Å². The van der Waals surface area contributed by atoms with E-state index >= 15 is 0 Å². The molecule has 0 aliphatic carbocycles. The maximum atomic E-state index is 9.12. The van der Waals surface area contributed by atoms with E-state index in [0.717, 1.165) is 0 Å². The van der Waals surface area contributed by atoms with Gasteiger partial charge >= 0.3 is 7.48 Å². The molecule has 0 amide bonds. The van der Waals surface area contributed by atoms with Crippen molar-refractivity contribution in [2.24, 2.45) is 0 Å². The molecule has 0 saturated heterocycles. The molecular formula is C7H9BO2. The monoisotopic (exact) mass is 136 g/mol. The average Bonchev–Trinajstić information content (AvgIpc) is 1.94. The molecule has 0 spiro atoms. The first-order chi connectivity index (χ1) is 4.84. The Labute approximate surface area is 60.7 Å². The lowest BCUT2D eigenvalue weighted by Gasteiger charge is -2.03. The number of rotatable bonds is 2. The minimum atomic E-state index is 0.198. The van der Waals surface area contributed by atoms with Gasteiger partial charge in [0, 0.05) is 0 Å². The van der Waals surface area contributed by atoms with Gasteiger partial charge < -0.3 is 9.76 Å². The van der Waals surface area contributed by atoms with Crippen LogP contribution in [0, 0.1) is 0 Å². The fourth-order valence-corrected chi connectivity index (χ4v) is 0.735. The zero-order valence-electron chi connectivity index (χ0n) is 5.87. The number of hydrogen-bond acceptors (Lipinski definition) is 2. The summed E-state index contributed by atoms with van der Waals surface area (Å²) in [6.45, 7) is 1.88. The third-order valence-corrected chi connectivity index (χ3v) is 1.17. The van der Waals surface area contributed by atoms with Gasteiger partial charge in [-0.05, 0) is 12.1 Å². The molecule has 0 heterocycles. The first-order valence-electron chi connectivity index (χ1n) is 3.25. The van der Waals surface area contributed by atoms with Gasteiger partial charge in [0.15, 0.2) is 5.75 Å². The fraction of sp³-hybridized carbons (Fsp3) is 0.143. The Morgan fingerprint density at radius 3 is 2.70 bits per heavy atom. The van der Waals surface area contributed by atoms with Crippen molar-refractivity contribution in [2.75, 3.05) is 0 Å². The van der Waals surface area contributed by atoms with E-state index in [-0.39, 0.29) is 5.75 Å². The van der Waals surface area contributed by atoms with E-state index in [1.54, 1.807) is 18.2 Å². The number of aromatic hydroxyl groups is 1. The van der Waals surface area contributed by atoms with Crippen LogP contribution in [-0.2, 0) is 0 Å². The molecule has 2 nitrogen and oxygen atoms in total. The van der Waals surface area contributed by atoms with Crippen molar-refractivity contribution in [3.05, 3.63) is 24.3 Å². The SMILES string of the molecule is CBOc1ccccc1O. The van der Waals surface area contributed by atoms with Gasteiger partial charge in [0.2, 0.25) is 0 Å². The Balaban J connectivity index is 2.81. The number of para-hydroxylation sites is 2. The minimum absolute atomic E-state index is 0.198. The summed E-state index contributed by atoms with van der Waals surface area (Å²) in [6, 6.07) is 6.92. The summed E-state index contributed by atoms with van der Waals surface area (Å²) in [5.41, 5.74) is 0. The highest BCUT2D eigenvalue weighted by atomic mass is 16.4. The Morgan fingerprint density at radius 2 is 2.10 bits per heavy atom. The van der Waals surface area contributed by atoms with Crippen molar-refractivity contribution in [2.45, 2.75) is 6.82 Å². The molecule has 1 rings (SSSR count). The molecule has 1 N–H and O–H groups in total. The summed E-state index contributed by atoms with van der Waals surface area (Å²) in [5.74, 6) is 0.745. The van der Waals surface area contributed by atoms with Crippen LogP contribution >= 0.6 is 0 Å². The molecule has 0 aliphatic rings. The van der Waals surface area contributed by atoms with Crippen molar-refractivity contribution in [3.8, 4) is 11.5 Å². The molecule has 0 aliphatic heterocycles. The average molecular weight is 136 g/mol. The summed E-state index contributed by atoms with van der Waals surface area (Å²) >= 11 is 0. The van der Waals surface area contributed by atoms with Crippen molar-refractivity contribution < 1.29 is 9.76 Å². The fourth-order valence-electron chi connectivity index (χ4n) is 0.735. The second-order valence-corrected chi connectivity index (χ2v) is 1.90. The highest BCUT2D eigenvalue weighted by Gasteiger charge is 1.96. The van der Waals surface area contributed by atoms with Crippen molar-refractivity contribution in [1.82, 2.24) is 0 Å². The third kappa shape index (κ3) is 1.44. The number of hydrogen-bond donors (Lipinski definition) is 1. The highest BCUT2D eigenvalue weighted by Crippen LogP contribution is 2.23. The summed E-state index contributed by atoms with van der Waals surface area (Å²) in [4.78, 5) is 0. The Morgan fingerprint density at radius 1 is 1.40 bits per heavy atom. The van der Waals surface area contributed by atoms with Crippen LogP contribution in [0.3, 0.4) is 0 Å². The minimum Gasteiger partial charge on any atom is -0.562 e. The molecule has 0 saturated carbocycles. The van der Waals surface area contributed by atoms with E-state index in [9.17, 15) is 0 Å². The maximum absolute atomic E-state index is 9.12. The topological polar surface area (TPSA) is 29.5 Å². The summed E-state index contributed by atoms with van der Waals surface area (Å²) in [6.07, 6.45) is 0. The van der Waals surface area contributed by atoms with Crippen LogP contribution < -0.4 is 4.65 Å². The van der Waals surface area contributed by atoms with Gasteiger partial charge in [0.25, 0.3) is 0 Å². The lowest BCUT2D eigenvalue weighted by molar-refractivity contribution is 0.444. The van der Waals surface area contributed by atoms with Crippen LogP contribution in [0.25, 0.3) is 0 Å². The Hall–Kier alpha value is -1.12. The van der Waals surface area contributed by atoms with Gasteiger partial charge in [-0.3, -0.25) is 0 Å². The molecule has 0 radical (unpaired) electrons. The molecule has 0 atom stereocenters. The van der Waals surface area contributed by atoms with Crippen molar-refractivity contribution in [1.29, 1.82) is 0 Å². The van der Waals surface area contributed by atoms with Crippen molar-refractivity contribution in [3.63, 3.8) is 0 Å². The van der Waals surface area contributed by atoms with E-state index in [4.69, 9.17) is 9.76 Å². The van der Waals surface area contributed by atoms with Gasteiger partial charge in [-0.25, -0.2) is 0 Å². The molecule has 1 aromatic carbocycles. The molecule has 10 heavy (non-hydrogen) atoms. The molecule has 52 valence electrons. The lowest BCUT2D eigenvalue weighted by atomic mass is 10.1. The molecule has 0 fully saturated rings. The van der Waals surface area contributed by atoms with E-state index in [0.29, 0.717) is 13.2 Å². The van der Waals surface area contributed by atoms with Crippen LogP contribution in [-0.4, -0.2) is 12.6 Å². The van der Waals surface area contributed by atoms with Crippen LogP contribution in [0.2, 0.25) is 6.82 Å². The van der Waals surface area contributed by atoms with Gasteiger partial charge in [0.1, 0.15) is 5.75 Å². The number of phenols is 1. The van der Waals surface area contributed by atoms with Crippen LogP contribution in [0.5, 0.6) is 11.5 Å². The summed E-state index contributed by atoms with van der Waals surface area (Å²) in [5, 5.41) is 9.12. The van der Waals surface area contributed by atoms with Crippen LogP contribution in [0.4, 0.5) is 0 Å². The molecular weight excluding hydrogens is 127 g/mol. The van der Waals surface area contributed by atoms with Gasteiger partial charge in [-0.15, -0.1) is 0 Å². The van der Waals surface area contributed by atoms with Crippen LogP contribution in [0.1, 0.15) is 0 Å². The molecule has 1 aromatic rings. The first kappa shape index (κ1) is 7.00. The molecule has 0 bridgehead atoms. The van der Waals surface area contributed by atoms with Crippen LogP contribution in [0.15, 0.2) is 24.3 Å². The van der Waals surface area contributed by atoms with Crippen molar-refractivity contribution >= 4 is 7.48 Å². The predicted molar refractivity (Wildman–Crippen MR) is 41.7 cm³/mol. The van der Waals surface area contributed by atoms with Gasteiger partial charge in [-0.2, -0.15) is 0 Å². The van der Waals surface area contributed by atoms with Gasteiger partial charge in [-0.1, -0.05) is 19.0 Å². The summed E-state index contributed by atoms with van der Waals surface area (Å²) in [7, 11) is 0.581. The van der Waals surface area contributed by atoms with E-state index < -0.39 is 0 Å². The lowest BCUT2D eigenvalue weighted by Crippen LogP contribution is -1.94. The quantitative estimate of drug-likeness (QED) is 0.618. The van der Waals surface area contributed by atoms with E-state index in [2.05, 4.69) is 0 Å². The first-order valence-corrected chi connectivity index (χ1v) is 3.25. The summed E-state index contributed by atoms with van der Waals surface area (Å²) < 4.78 is 5.09. The molecule has 3 heteroatoms. The number of benzene rings is 1. The highest BCUT2D eigenvalue weighted by molar-refractivity contribution is 6.26. The zero-order chi connectivity index (χ0) is 7.40. The maximum Gasteiger partial charge on any atom is 0.337 e. The standard InChI is InChI=1S/C7H9BO2/c1-8-10-7-5-3-2-4-6(7)9/h2-5,8-9H,1H3. The predicted octanol–water partition coefficient (Wildman–Crippen LogP) is 1.17. The molecule has 0 unspecified atom stereocenters. The second-order valence-electron chi connectivity index (χ2n) is 1.90. The zero-order valence-corrected chi connectivity index (χ0v) is 5.87. The largest absolute Gasteiger partial charge is 0.562 e.